The molecule has 3 heteroatoms. The molecule has 1 N–H and O–H groups in total. The summed E-state index contributed by atoms with van der Waals surface area (Å²) in [5.74, 6) is -0.182. The average molecular weight is 375 g/mol. The molecule has 2 aliphatic carbocycles. The summed E-state index contributed by atoms with van der Waals surface area (Å²) in [5.41, 5.74) is 1.52. The Hall–Kier alpha value is -1.28. The molecule has 2 unspecified atom stereocenters. The third-order valence-corrected chi connectivity index (χ3v) is 7.05. The van der Waals surface area contributed by atoms with Crippen LogP contribution in [-0.4, -0.2) is 11.1 Å². The van der Waals surface area contributed by atoms with Crippen molar-refractivity contribution in [2.75, 3.05) is 0 Å². The Morgan fingerprint density at radius 2 is 2.04 bits per heavy atom. The molecule has 0 radical (unpaired) electrons. The van der Waals surface area contributed by atoms with Crippen molar-refractivity contribution in [2.45, 2.75) is 70.6 Å². The van der Waals surface area contributed by atoms with Crippen molar-refractivity contribution in [2.24, 2.45) is 17.3 Å². The maximum Gasteiger partial charge on any atom is 0.307 e. The second kappa shape index (κ2) is 8.61. The fourth-order valence-corrected chi connectivity index (χ4v) is 5.54. The molecular formula is C23H31ClO2. The van der Waals surface area contributed by atoms with Gasteiger partial charge in [0.2, 0.25) is 0 Å². The number of carboxylic acids is 1. The van der Waals surface area contributed by atoms with Gasteiger partial charge in [-0.1, -0.05) is 55.3 Å². The number of hydrogen-bond donors (Lipinski definition) is 1. The van der Waals surface area contributed by atoms with E-state index in [0.29, 0.717) is 16.9 Å². The molecule has 2 bridgehead atoms. The lowest BCUT2D eigenvalue weighted by atomic mass is 9.79. The zero-order valence-electron chi connectivity index (χ0n) is 15.8. The van der Waals surface area contributed by atoms with Crippen LogP contribution in [0.4, 0.5) is 0 Å². The highest BCUT2D eigenvalue weighted by molar-refractivity contribution is 6.31. The fourth-order valence-electron chi connectivity index (χ4n) is 5.27. The van der Waals surface area contributed by atoms with E-state index in [0.717, 1.165) is 30.7 Å². The lowest BCUT2D eigenvalue weighted by Crippen LogP contribution is -2.22. The van der Waals surface area contributed by atoms with Crippen molar-refractivity contribution in [3.63, 3.8) is 0 Å². The van der Waals surface area contributed by atoms with E-state index in [-0.39, 0.29) is 11.8 Å². The summed E-state index contributed by atoms with van der Waals surface area (Å²) in [7, 11) is 0. The van der Waals surface area contributed by atoms with Crippen molar-refractivity contribution in [3.8, 4) is 0 Å². The minimum absolute atomic E-state index is 0.0604. The van der Waals surface area contributed by atoms with Crippen LogP contribution in [-0.2, 0) is 4.79 Å². The van der Waals surface area contributed by atoms with Gasteiger partial charge in [-0.2, -0.15) is 0 Å². The van der Waals surface area contributed by atoms with Crippen LogP contribution in [0.1, 0.15) is 76.2 Å². The van der Waals surface area contributed by atoms with Crippen molar-refractivity contribution >= 4 is 17.6 Å². The summed E-state index contributed by atoms with van der Waals surface area (Å²) in [6.07, 6.45) is 15.0. The van der Waals surface area contributed by atoms with E-state index in [2.05, 4.69) is 12.2 Å². The van der Waals surface area contributed by atoms with Crippen LogP contribution in [0.25, 0.3) is 0 Å². The number of rotatable bonds is 9. The number of hydrogen-bond acceptors (Lipinski definition) is 1. The Morgan fingerprint density at radius 3 is 2.62 bits per heavy atom. The molecule has 2 saturated carbocycles. The lowest BCUT2D eigenvalue weighted by Gasteiger charge is -2.26. The van der Waals surface area contributed by atoms with E-state index < -0.39 is 5.97 Å². The second-order valence-corrected chi connectivity index (χ2v) is 8.83. The molecule has 2 fully saturated rings. The lowest BCUT2D eigenvalue weighted by molar-refractivity contribution is -0.142. The zero-order valence-corrected chi connectivity index (χ0v) is 16.5. The van der Waals surface area contributed by atoms with E-state index in [9.17, 15) is 9.90 Å². The highest BCUT2D eigenvalue weighted by atomic mass is 35.5. The maximum absolute atomic E-state index is 11.9. The van der Waals surface area contributed by atoms with Gasteiger partial charge >= 0.3 is 5.97 Å². The second-order valence-electron chi connectivity index (χ2n) is 8.42. The van der Waals surface area contributed by atoms with Crippen molar-refractivity contribution in [3.05, 3.63) is 47.0 Å². The largest absolute Gasteiger partial charge is 0.481 e. The number of carbonyl (C=O) groups is 1. The monoisotopic (exact) mass is 374 g/mol. The Balaban J connectivity index is 1.72. The predicted molar refractivity (Wildman–Crippen MR) is 108 cm³/mol. The number of allylic oxidation sites excluding steroid dienone is 2. The van der Waals surface area contributed by atoms with Crippen molar-refractivity contribution in [1.29, 1.82) is 0 Å². The van der Waals surface area contributed by atoms with Gasteiger partial charge in [0, 0.05) is 10.9 Å². The minimum Gasteiger partial charge on any atom is -0.481 e. The van der Waals surface area contributed by atoms with Gasteiger partial charge in [0.25, 0.3) is 0 Å². The quantitative estimate of drug-likeness (QED) is 0.480. The summed E-state index contributed by atoms with van der Waals surface area (Å²) in [5, 5.41) is 10.5. The molecule has 0 spiro atoms. The molecule has 2 nitrogen and oxygen atoms in total. The van der Waals surface area contributed by atoms with Gasteiger partial charge < -0.3 is 5.11 Å². The Morgan fingerprint density at radius 1 is 1.31 bits per heavy atom. The van der Waals surface area contributed by atoms with Crippen LogP contribution < -0.4 is 0 Å². The molecule has 0 saturated heterocycles. The Kier molecular flexibility index (Phi) is 6.45. The van der Waals surface area contributed by atoms with Gasteiger partial charge in [-0.25, -0.2) is 0 Å². The van der Waals surface area contributed by atoms with Crippen LogP contribution in [0.3, 0.4) is 0 Å². The van der Waals surface area contributed by atoms with Gasteiger partial charge in [-0.05, 0) is 74.3 Å². The molecule has 3 rings (SSSR count). The van der Waals surface area contributed by atoms with E-state index in [4.69, 9.17) is 11.6 Å². The Labute approximate surface area is 162 Å². The first-order valence-electron chi connectivity index (χ1n) is 10.2. The van der Waals surface area contributed by atoms with Crippen LogP contribution in [0.2, 0.25) is 5.02 Å². The number of benzene rings is 1. The molecular weight excluding hydrogens is 344 g/mol. The SMILES string of the molecule is CCCC(C(=O)O)C(CC=CCC12CCC(CC1)C2)c1ccccc1Cl. The fraction of sp³-hybridized carbons (Fsp3) is 0.609. The molecule has 2 atom stereocenters. The van der Waals surface area contributed by atoms with Gasteiger partial charge in [0.15, 0.2) is 0 Å². The first-order valence-corrected chi connectivity index (χ1v) is 10.5. The normalized spacial score (nSPS) is 27.1. The summed E-state index contributed by atoms with van der Waals surface area (Å²) in [4.78, 5) is 11.9. The third kappa shape index (κ3) is 4.34. The number of carboxylic acid groups (broad SMARTS) is 1. The molecule has 0 heterocycles. The van der Waals surface area contributed by atoms with Crippen molar-refractivity contribution < 1.29 is 9.90 Å². The molecule has 26 heavy (non-hydrogen) atoms. The topological polar surface area (TPSA) is 37.3 Å². The summed E-state index contributed by atoms with van der Waals surface area (Å²) in [6, 6.07) is 7.72. The number of aliphatic carboxylic acids is 1. The highest BCUT2D eigenvalue weighted by Crippen LogP contribution is 2.56. The summed E-state index contributed by atoms with van der Waals surface area (Å²) in [6.45, 7) is 2.05. The molecule has 1 aromatic rings. The highest BCUT2D eigenvalue weighted by Gasteiger charge is 2.43. The van der Waals surface area contributed by atoms with Gasteiger partial charge in [0.1, 0.15) is 0 Å². The maximum atomic E-state index is 11.9. The average Bonchev–Trinajstić information content (AvgIpc) is 3.22. The van der Waals surface area contributed by atoms with E-state index in [1.165, 1.54) is 32.1 Å². The van der Waals surface area contributed by atoms with Crippen LogP contribution in [0.15, 0.2) is 36.4 Å². The molecule has 142 valence electrons. The van der Waals surface area contributed by atoms with E-state index in [1.54, 1.807) is 0 Å². The van der Waals surface area contributed by atoms with Gasteiger partial charge in [0.05, 0.1) is 5.92 Å². The van der Waals surface area contributed by atoms with Crippen LogP contribution in [0.5, 0.6) is 0 Å². The number of fused-ring (bicyclic) bond motifs is 2. The molecule has 0 aliphatic heterocycles. The molecule has 0 aromatic heterocycles. The van der Waals surface area contributed by atoms with Crippen LogP contribution >= 0.6 is 11.6 Å². The number of halogens is 1. The van der Waals surface area contributed by atoms with E-state index in [1.807, 2.05) is 31.2 Å². The zero-order chi connectivity index (χ0) is 18.6. The minimum atomic E-state index is -0.710. The van der Waals surface area contributed by atoms with Crippen LogP contribution in [0, 0.1) is 17.3 Å². The smallest absolute Gasteiger partial charge is 0.307 e. The molecule has 0 amide bonds. The summed E-state index contributed by atoms with van der Waals surface area (Å²) < 4.78 is 0. The molecule has 1 aromatic carbocycles. The standard InChI is InChI=1S/C23H31ClO2/c1-2-7-20(22(25)26)18(19-9-3-4-10-21(19)24)8-5-6-13-23-14-11-17(16-23)12-15-23/h3-6,9-10,17-18,20H,2,7-8,11-16H2,1H3,(H,25,26). The first-order chi connectivity index (χ1) is 12.5. The Bertz CT molecular complexity index is 643. The third-order valence-electron chi connectivity index (χ3n) is 6.70. The van der Waals surface area contributed by atoms with Gasteiger partial charge in [-0.3, -0.25) is 4.79 Å². The van der Waals surface area contributed by atoms with Gasteiger partial charge in [-0.15, -0.1) is 0 Å². The van der Waals surface area contributed by atoms with Crippen molar-refractivity contribution in [1.82, 2.24) is 0 Å². The van der Waals surface area contributed by atoms with E-state index >= 15 is 0 Å². The predicted octanol–water partition coefficient (Wildman–Crippen LogP) is 6.84. The first kappa shape index (κ1) is 19.5. The summed E-state index contributed by atoms with van der Waals surface area (Å²) >= 11 is 6.42. The molecule has 2 aliphatic rings.